The third-order valence-electron chi connectivity index (χ3n) is 3.17. The second-order valence-electron chi connectivity index (χ2n) is 5.80. The first-order valence-corrected chi connectivity index (χ1v) is 6.52. The summed E-state index contributed by atoms with van der Waals surface area (Å²) in [7, 11) is 0. The minimum absolute atomic E-state index is 0.0147. The largest absolute Gasteiger partial charge is 0.369 e. The maximum absolute atomic E-state index is 5.91. The molecule has 0 aromatic carbocycles. The van der Waals surface area contributed by atoms with Crippen molar-refractivity contribution in [2.24, 2.45) is 5.73 Å². The van der Waals surface area contributed by atoms with Crippen LogP contribution < -0.4 is 10.6 Å². The Morgan fingerprint density at radius 1 is 1.50 bits per heavy atom. The standard InChI is InChI=1S/C14H23N3O/c1-10-8-17(9-14(3,4)18-10)12-5-6-13(11(2)15)16-7-12/h5-7,10-11H,8-9,15H2,1-4H3/t10?,11-/m0/s1. The highest BCUT2D eigenvalue weighted by Crippen LogP contribution is 2.25. The van der Waals surface area contributed by atoms with Gasteiger partial charge >= 0.3 is 0 Å². The predicted molar refractivity (Wildman–Crippen MR) is 73.7 cm³/mol. The van der Waals surface area contributed by atoms with Crippen LogP contribution >= 0.6 is 0 Å². The Morgan fingerprint density at radius 2 is 2.22 bits per heavy atom. The number of hydrogen-bond donors (Lipinski definition) is 1. The Bertz CT molecular complexity index is 400. The number of ether oxygens (including phenoxy) is 1. The predicted octanol–water partition coefficient (Wildman–Crippen LogP) is 2.10. The molecule has 100 valence electrons. The lowest BCUT2D eigenvalue weighted by Gasteiger charge is -2.42. The van der Waals surface area contributed by atoms with Gasteiger partial charge in [-0.05, 0) is 39.8 Å². The Kier molecular flexibility index (Phi) is 3.59. The Labute approximate surface area is 109 Å². The molecule has 2 rings (SSSR count). The van der Waals surface area contributed by atoms with Crippen molar-refractivity contribution in [3.05, 3.63) is 24.0 Å². The van der Waals surface area contributed by atoms with E-state index in [2.05, 4.69) is 36.7 Å². The van der Waals surface area contributed by atoms with Crippen molar-refractivity contribution < 1.29 is 4.74 Å². The second-order valence-corrected chi connectivity index (χ2v) is 5.80. The summed E-state index contributed by atoms with van der Waals surface area (Å²) in [5, 5.41) is 0. The molecule has 1 fully saturated rings. The highest BCUT2D eigenvalue weighted by atomic mass is 16.5. The molecule has 18 heavy (non-hydrogen) atoms. The number of pyridine rings is 1. The van der Waals surface area contributed by atoms with Crippen LogP contribution in [0, 0.1) is 0 Å². The summed E-state index contributed by atoms with van der Waals surface area (Å²) in [4.78, 5) is 6.74. The molecular weight excluding hydrogens is 226 g/mol. The first-order chi connectivity index (χ1) is 8.37. The normalized spacial score (nSPS) is 24.9. The lowest BCUT2D eigenvalue weighted by molar-refractivity contribution is -0.0749. The van der Waals surface area contributed by atoms with Gasteiger partial charge in [0.15, 0.2) is 0 Å². The molecule has 1 aliphatic rings. The van der Waals surface area contributed by atoms with Crippen LogP contribution in [0.3, 0.4) is 0 Å². The van der Waals surface area contributed by atoms with Crippen LogP contribution in [0.1, 0.15) is 39.4 Å². The Morgan fingerprint density at radius 3 is 2.72 bits per heavy atom. The summed E-state index contributed by atoms with van der Waals surface area (Å²) in [5.74, 6) is 0. The van der Waals surface area contributed by atoms with Gasteiger partial charge in [0.1, 0.15) is 0 Å². The van der Waals surface area contributed by atoms with Crippen LogP contribution in [-0.4, -0.2) is 29.8 Å². The SMILES string of the molecule is CC1CN(c2ccc([C@H](C)N)nc2)CC(C)(C)O1. The van der Waals surface area contributed by atoms with E-state index >= 15 is 0 Å². The van der Waals surface area contributed by atoms with Gasteiger partial charge in [-0.3, -0.25) is 4.98 Å². The zero-order valence-corrected chi connectivity index (χ0v) is 11.7. The van der Waals surface area contributed by atoms with Crippen LogP contribution in [0.15, 0.2) is 18.3 Å². The summed E-state index contributed by atoms with van der Waals surface area (Å²) in [5.41, 5.74) is 7.77. The lowest BCUT2D eigenvalue weighted by Crippen LogP contribution is -2.52. The third-order valence-corrected chi connectivity index (χ3v) is 3.17. The van der Waals surface area contributed by atoms with Crippen molar-refractivity contribution in [1.29, 1.82) is 0 Å². The first kappa shape index (κ1) is 13.3. The topological polar surface area (TPSA) is 51.4 Å². The molecule has 0 amide bonds. The van der Waals surface area contributed by atoms with E-state index in [1.165, 1.54) is 0 Å². The van der Waals surface area contributed by atoms with Gasteiger partial charge in [0.2, 0.25) is 0 Å². The summed E-state index contributed by atoms with van der Waals surface area (Å²) < 4.78 is 5.91. The summed E-state index contributed by atoms with van der Waals surface area (Å²) in [6.07, 6.45) is 2.15. The van der Waals surface area contributed by atoms with Crippen molar-refractivity contribution in [3.8, 4) is 0 Å². The fourth-order valence-electron chi connectivity index (χ4n) is 2.50. The molecule has 4 nitrogen and oxygen atoms in total. The molecule has 1 aliphatic heterocycles. The lowest BCUT2D eigenvalue weighted by atomic mass is 10.0. The van der Waals surface area contributed by atoms with Crippen LogP contribution in [0.2, 0.25) is 0 Å². The average molecular weight is 249 g/mol. The third kappa shape index (κ3) is 3.00. The van der Waals surface area contributed by atoms with Gasteiger partial charge < -0.3 is 15.4 Å². The summed E-state index contributed by atoms with van der Waals surface area (Å²) >= 11 is 0. The number of aromatic nitrogens is 1. The van der Waals surface area contributed by atoms with Gasteiger partial charge in [0, 0.05) is 19.1 Å². The van der Waals surface area contributed by atoms with E-state index in [4.69, 9.17) is 10.5 Å². The van der Waals surface area contributed by atoms with E-state index in [-0.39, 0.29) is 17.7 Å². The quantitative estimate of drug-likeness (QED) is 0.872. The molecule has 1 aromatic heterocycles. The van der Waals surface area contributed by atoms with E-state index in [0.717, 1.165) is 24.5 Å². The van der Waals surface area contributed by atoms with Gasteiger partial charge in [-0.15, -0.1) is 0 Å². The molecule has 1 unspecified atom stereocenters. The Balaban J connectivity index is 2.15. The highest BCUT2D eigenvalue weighted by Gasteiger charge is 2.31. The number of nitrogens with two attached hydrogens (primary N) is 1. The second kappa shape index (κ2) is 4.86. The molecule has 0 bridgehead atoms. The van der Waals surface area contributed by atoms with Gasteiger partial charge in [0.05, 0.1) is 29.3 Å². The number of morpholine rings is 1. The van der Waals surface area contributed by atoms with Crippen molar-refractivity contribution in [1.82, 2.24) is 4.98 Å². The molecule has 2 atom stereocenters. The van der Waals surface area contributed by atoms with Crippen LogP contribution in [0.5, 0.6) is 0 Å². The zero-order valence-electron chi connectivity index (χ0n) is 11.7. The van der Waals surface area contributed by atoms with Crippen molar-refractivity contribution in [3.63, 3.8) is 0 Å². The molecule has 0 spiro atoms. The highest BCUT2D eigenvalue weighted by molar-refractivity contribution is 5.46. The molecule has 2 heterocycles. The molecule has 0 aliphatic carbocycles. The van der Waals surface area contributed by atoms with Crippen molar-refractivity contribution in [2.75, 3.05) is 18.0 Å². The minimum atomic E-state index is -0.114. The molecule has 0 saturated carbocycles. The van der Waals surface area contributed by atoms with Crippen molar-refractivity contribution in [2.45, 2.75) is 45.4 Å². The fourth-order valence-corrected chi connectivity index (χ4v) is 2.50. The van der Waals surface area contributed by atoms with Crippen LogP contribution in [0.25, 0.3) is 0 Å². The maximum atomic E-state index is 5.91. The van der Waals surface area contributed by atoms with E-state index in [0.29, 0.717) is 0 Å². The maximum Gasteiger partial charge on any atom is 0.0805 e. The molecule has 4 heteroatoms. The van der Waals surface area contributed by atoms with Crippen LogP contribution in [-0.2, 0) is 4.74 Å². The molecular formula is C14H23N3O. The van der Waals surface area contributed by atoms with Gasteiger partial charge in [-0.1, -0.05) is 0 Å². The van der Waals surface area contributed by atoms with Crippen LogP contribution in [0.4, 0.5) is 5.69 Å². The van der Waals surface area contributed by atoms with Gasteiger partial charge in [-0.25, -0.2) is 0 Å². The van der Waals surface area contributed by atoms with E-state index in [1.807, 2.05) is 19.2 Å². The number of hydrogen-bond acceptors (Lipinski definition) is 4. The van der Waals surface area contributed by atoms with Crippen molar-refractivity contribution >= 4 is 5.69 Å². The molecule has 1 aromatic rings. The molecule has 0 radical (unpaired) electrons. The smallest absolute Gasteiger partial charge is 0.0805 e. The van der Waals surface area contributed by atoms with Gasteiger partial charge in [-0.2, -0.15) is 0 Å². The zero-order chi connectivity index (χ0) is 13.3. The molecule has 1 saturated heterocycles. The monoisotopic (exact) mass is 249 g/mol. The van der Waals surface area contributed by atoms with E-state index in [1.54, 1.807) is 0 Å². The number of anilines is 1. The first-order valence-electron chi connectivity index (χ1n) is 6.52. The molecule has 2 N–H and O–H groups in total. The summed E-state index contributed by atoms with van der Waals surface area (Å²) in [6.45, 7) is 10.1. The van der Waals surface area contributed by atoms with Gasteiger partial charge in [0.25, 0.3) is 0 Å². The number of rotatable bonds is 2. The summed E-state index contributed by atoms with van der Waals surface area (Å²) in [6, 6.07) is 4.09. The number of nitrogens with zero attached hydrogens (tertiary/aromatic N) is 2. The van der Waals surface area contributed by atoms with E-state index in [9.17, 15) is 0 Å². The minimum Gasteiger partial charge on any atom is -0.369 e. The fraction of sp³-hybridized carbons (Fsp3) is 0.643. The Hall–Kier alpha value is -1.13. The average Bonchev–Trinajstić information content (AvgIpc) is 2.26. The van der Waals surface area contributed by atoms with E-state index < -0.39 is 0 Å².